The van der Waals surface area contributed by atoms with Crippen LogP contribution >= 0.6 is 0 Å². The predicted molar refractivity (Wildman–Crippen MR) is 85.9 cm³/mol. The van der Waals surface area contributed by atoms with Gasteiger partial charge < -0.3 is 15.0 Å². The first-order valence-corrected chi connectivity index (χ1v) is 7.61. The van der Waals surface area contributed by atoms with E-state index in [9.17, 15) is 0 Å². The molecule has 1 atom stereocenters. The fraction of sp³-hybridized carbons (Fsp3) is 0.400. The maximum absolute atomic E-state index is 4.34. The lowest BCUT2D eigenvalue weighted by Crippen LogP contribution is -2.44. The largest absolute Gasteiger partial charge is 0.348 e. The molecule has 0 saturated carbocycles. The summed E-state index contributed by atoms with van der Waals surface area (Å²) in [6.07, 6.45) is 11.1. The van der Waals surface area contributed by atoms with E-state index in [2.05, 4.69) is 53.7 Å². The van der Waals surface area contributed by atoms with E-state index >= 15 is 0 Å². The van der Waals surface area contributed by atoms with E-state index in [4.69, 9.17) is 0 Å². The van der Waals surface area contributed by atoms with Crippen LogP contribution in [0.3, 0.4) is 0 Å². The molecule has 0 saturated heterocycles. The molecule has 3 aromatic rings. The van der Waals surface area contributed by atoms with Gasteiger partial charge in [0.05, 0.1) is 25.8 Å². The fourth-order valence-electron chi connectivity index (χ4n) is 2.51. The van der Waals surface area contributed by atoms with Gasteiger partial charge in [-0.25, -0.2) is 15.0 Å². The average Bonchev–Trinajstić information content (AvgIpc) is 3.29. The highest BCUT2D eigenvalue weighted by atomic mass is 15.4. The highest BCUT2D eigenvalue weighted by Gasteiger charge is 2.21. The van der Waals surface area contributed by atoms with Crippen LogP contribution in [0.1, 0.15) is 24.4 Å². The number of aromatic amines is 3. The summed E-state index contributed by atoms with van der Waals surface area (Å²) in [6.45, 7) is 4.37. The summed E-state index contributed by atoms with van der Waals surface area (Å²) in [4.78, 5) is 27.0. The van der Waals surface area contributed by atoms with Crippen LogP contribution in [-0.4, -0.2) is 52.9 Å². The lowest BCUT2D eigenvalue weighted by molar-refractivity contribution is 0.0509. The molecule has 0 aliphatic carbocycles. The van der Waals surface area contributed by atoms with Gasteiger partial charge in [0, 0.05) is 37.2 Å². The van der Waals surface area contributed by atoms with E-state index in [1.807, 2.05) is 18.6 Å². The van der Waals surface area contributed by atoms with E-state index in [1.165, 1.54) is 0 Å². The molecule has 0 amide bonds. The SMILES string of the molecule is CC(N(C)Cc1ncc[nH]1)N(Cc1ncc[nH]1)Cc1ncc[nH]1. The Morgan fingerprint density at radius 3 is 1.65 bits per heavy atom. The number of nitrogens with zero attached hydrogens (tertiary/aromatic N) is 5. The Bertz CT molecular complexity index is 622. The third-order valence-electron chi connectivity index (χ3n) is 3.94. The van der Waals surface area contributed by atoms with E-state index in [0.29, 0.717) is 0 Å². The molecule has 0 spiro atoms. The minimum atomic E-state index is 0.190. The van der Waals surface area contributed by atoms with E-state index in [0.717, 1.165) is 37.1 Å². The first kappa shape index (κ1) is 15.4. The topological polar surface area (TPSA) is 92.5 Å². The molecule has 0 fully saturated rings. The van der Waals surface area contributed by atoms with Crippen LogP contribution in [0.2, 0.25) is 0 Å². The summed E-state index contributed by atoms with van der Waals surface area (Å²) in [6, 6.07) is 0. The second-order valence-corrected chi connectivity index (χ2v) is 5.56. The molecule has 1 unspecified atom stereocenters. The summed E-state index contributed by atoms with van der Waals surface area (Å²) in [5.41, 5.74) is 0. The zero-order valence-electron chi connectivity index (χ0n) is 13.4. The molecule has 8 heteroatoms. The van der Waals surface area contributed by atoms with Crippen molar-refractivity contribution in [1.82, 2.24) is 39.7 Å². The van der Waals surface area contributed by atoms with Crippen LogP contribution in [0, 0.1) is 0 Å². The van der Waals surface area contributed by atoms with Crippen molar-refractivity contribution in [3.8, 4) is 0 Å². The molecule has 0 radical (unpaired) electrons. The van der Waals surface area contributed by atoms with Crippen molar-refractivity contribution in [2.24, 2.45) is 0 Å². The van der Waals surface area contributed by atoms with Crippen LogP contribution in [0.4, 0.5) is 0 Å². The first-order valence-electron chi connectivity index (χ1n) is 7.61. The zero-order valence-corrected chi connectivity index (χ0v) is 13.4. The Balaban J connectivity index is 1.70. The number of H-pyrrole nitrogens is 3. The van der Waals surface area contributed by atoms with Gasteiger partial charge in [-0.2, -0.15) is 0 Å². The van der Waals surface area contributed by atoms with Gasteiger partial charge in [0.25, 0.3) is 0 Å². The zero-order chi connectivity index (χ0) is 16.1. The fourth-order valence-corrected chi connectivity index (χ4v) is 2.51. The lowest BCUT2D eigenvalue weighted by Gasteiger charge is -2.34. The number of nitrogens with one attached hydrogen (secondary N) is 3. The van der Waals surface area contributed by atoms with Gasteiger partial charge in [0.1, 0.15) is 17.5 Å². The van der Waals surface area contributed by atoms with Crippen molar-refractivity contribution in [2.75, 3.05) is 7.05 Å². The van der Waals surface area contributed by atoms with Crippen LogP contribution in [0.15, 0.2) is 37.2 Å². The molecule has 0 aromatic carbocycles. The monoisotopic (exact) mass is 314 g/mol. The molecule has 23 heavy (non-hydrogen) atoms. The van der Waals surface area contributed by atoms with Crippen LogP contribution in [-0.2, 0) is 19.6 Å². The molecule has 0 bridgehead atoms. The maximum atomic E-state index is 4.34. The molecule has 3 rings (SSSR count). The Morgan fingerprint density at radius 1 is 0.826 bits per heavy atom. The predicted octanol–water partition coefficient (Wildman–Crippen LogP) is 1.34. The molecular weight excluding hydrogens is 292 g/mol. The molecule has 0 aliphatic rings. The molecule has 3 N–H and O–H groups in total. The minimum Gasteiger partial charge on any atom is -0.348 e. The standard InChI is InChI=1S/C15H22N8/c1-12(22(2)9-13-16-3-4-17-13)23(10-14-18-5-6-19-14)11-15-20-7-8-21-15/h3-8,12H,9-11H2,1-2H3,(H,16,17)(H,18,19)(H,20,21). The van der Waals surface area contributed by atoms with Gasteiger partial charge in [0.15, 0.2) is 0 Å². The number of aromatic nitrogens is 6. The highest BCUT2D eigenvalue weighted by molar-refractivity contribution is 4.93. The summed E-state index contributed by atoms with van der Waals surface area (Å²) >= 11 is 0. The van der Waals surface area contributed by atoms with Crippen molar-refractivity contribution in [3.05, 3.63) is 54.7 Å². The molecule has 0 aliphatic heterocycles. The highest BCUT2D eigenvalue weighted by Crippen LogP contribution is 2.13. The molecule has 3 heterocycles. The molecule has 8 nitrogen and oxygen atoms in total. The van der Waals surface area contributed by atoms with Crippen molar-refractivity contribution in [3.63, 3.8) is 0 Å². The quantitative estimate of drug-likeness (QED) is 0.546. The van der Waals surface area contributed by atoms with Gasteiger partial charge in [0.2, 0.25) is 0 Å². The lowest BCUT2D eigenvalue weighted by atomic mass is 10.3. The summed E-state index contributed by atoms with van der Waals surface area (Å²) in [7, 11) is 2.09. The van der Waals surface area contributed by atoms with Crippen molar-refractivity contribution < 1.29 is 0 Å². The van der Waals surface area contributed by atoms with Crippen LogP contribution in [0.5, 0.6) is 0 Å². The Morgan fingerprint density at radius 2 is 1.26 bits per heavy atom. The van der Waals surface area contributed by atoms with Crippen LogP contribution < -0.4 is 0 Å². The number of hydrogen-bond donors (Lipinski definition) is 3. The van der Waals surface area contributed by atoms with E-state index in [1.54, 1.807) is 18.6 Å². The maximum Gasteiger partial charge on any atom is 0.120 e. The average molecular weight is 314 g/mol. The van der Waals surface area contributed by atoms with E-state index < -0.39 is 0 Å². The van der Waals surface area contributed by atoms with Crippen molar-refractivity contribution in [1.29, 1.82) is 0 Å². The molecule has 3 aromatic heterocycles. The summed E-state index contributed by atoms with van der Waals surface area (Å²) in [5.74, 6) is 2.83. The minimum absolute atomic E-state index is 0.190. The number of rotatable bonds is 8. The van der Waals surface area contributed by atoms with Gasteiger partial charge >= 0.3 is 0 Å². The summed E-state index contributed by atoms with van der Waals surface area (Å²) in [5, 5.41) is 0. The van der Waals surface area contributed by atoms with Gasteiger partial charge in [-0.05, 0) is 14.0 Å². The van der Waals surface area contributed by atoms with Gasteiger partial charge in [-0.1, -0.05) is 0 Å². The smallest absolute Gasteiger partial charge is 0.120 e. The third kappa shape index (κ3) is 4.05. The normalized spacial score (nSPS) is 13.0. The Kier molecular flexibility index (Phi) is 4.84. The second-order valence-electron chi connectivity index (χ2n) is 5.56. The van der Waals surface area contributed by atoms with Crippen LogP contribution in [0.25, 0.3) is 0 Å². The van der Waals surface area contributed by atoms with Gasteiger partial charge in [-0.3, -0.25) is 9.80 Å². The third-order valence-corrected chi connectivity index (χ3v) is 3.94. The molecular formula is C15H22N8. The summed E-state index contributed by atoms with van der Waals surface area (Å²) < 4.78 is 0. The Hall–Kier alpha value is -2.45. The number of hydrogen-bond acceptors (Lipinski definition) is 5. The first-order chi connectivity index (χ1) is 11.2. The second kappa shape index (κ2) is 7.21. The van der Waals surface area contributed by atoms with Gasteiger partial charge in [-0.15, -0.1) is 0 Å². The Labute approximate surface area is 135 Å². The van der Waals surface area contributed by atoms with Crippen molar-refractivity contribution in [2.45, 2.75) is 32.7 Å². The number of imidazole rings is 3. The van der Waals surface area contributed by atoms with Crippen molar-refractivity contribution >= 4 is 0 Å². The molecule has 122 valence electrons. The van der Waals surface area contributed by atoms with E-state index in [-0.39, 0.29) is 6.17 Å².